The number of aromatic nitrogens is 2. The van der Waals surface area contributed by atoms with Gasteiger partial charge in [-0.1, -0.05) is 48.5 Å². The van der Waals surface area contributed by atoms with Crippen molar-refractivity contribution in [1.82, 2.24) is 15.0 Å². The number of benzene rings is 2. The first kappa shape index (κ1) is 18.7. The van der Waals surface area contributed by atoms with Gasteiger partial charge in [0.2, 0.25) is 17.6 Å². The summed E-state index contributed by atoms with van der Waals surface area (Å²) in [7, 11) is 0. The summed E-state index contributed by atoms with van der Waals surface area (Å²) in [5, 5.41) is 4.12. The van der Waals surface area contributed by atoms with Gasteiger partial charge in [0.15, 0.2) is 0 Å². The molecule has 28 heavy (non-hydrogen) atoms. The predicted octanol–water partition coefficient (Wildman–Crippen LogP) is 4.54. The summed E-state index contributed by atoms with van der Waals surface area (Å²) in [6.07, 6.45) is 3.47. The van der Waals surface area contributed by atoms with Gasteiger partial charge in [-0.15, -0.1) is 11.8 Å². The molecule has 1 aromatic heterocycles. The highest BCUT2D eigenvalue weighted by Gasteiger charge is 2.34. The monoisotopic (exact) mass is 393 g/mol. The van der Waals surface area contributed by atoms with Crippen LogP contribution in [0.4, 0.5) is 0 Å². The zero-order chi connectivity index (χ0) is 19.5. The van der Waals surface area contributed by atoms with Crippen LogP contribution in [0, 0.1) is 0 Å². The van der Waals surface area contributed by atoms with E-state index in [1.807, 2.05) is 17.0 Å². The lowest BCUT2D eigenvalue weighted by atomic mass is 10.1. The summed E-state index contributed by atoms with van der Waals surface area (Å²) in [4.78, 5) is 20.1. The number of rotatable bonds is 6. The predicted molar refractivity (Wildman–Crippen MR) is 110 cm³/mol. The van der Waals surface area contributed by atoms with Crippen LogP contribution >= 0.6 is 11.8 Å². The third-order valence-corrected chi connectivity index (χ3v) is 5.90. The maximum atomic E-state index is 12.5. The molecule has 0 radical (unpaired) electrons. The van der Waals surface area contributed by atoms with Crippen molar-refractivity contribution in [2.75, 3.05) is 12.8 Å². The van der Waals surface area contributed by atoms with Crippen molar-refractivity contribution in [1.29, 1.82) is 0 Å². The second-order valence-corrected chi connectivity index (χ2v) is 7.91. The normalized spacial score (nSPS) is 16.7. The molecule has 0 bridgehead atoms. The Bertz CT molecular complexity index is 951. The van der Waals surface area contributed by atoms with E-state index in [9.17, 15) is 4.79 Å². The van der Waals surface area contributed by atoms with E-state index in [-0.39, 0.29) is 11.8 Å². The van der Waals surface area contributed by atoms with Crippen molar-refractivity contribution in [2.45, 2.75) is 37.1 Å². The molecule has 144 valence electrons. The van der Waals surface area contributed by atoms with E-state index in [2.05, 4.69) is 59.7 Å². The molecule has 0 aliphatic carbocycles. The number of hydrogen-bond donors (Lipinski definition) is 0. The van der Waals surface area contributed by atoms with Crippen molar-refractivity contribution in [3.05, 3.63) is 65.5 Å². The molecular formula is C22H23N3O2S. The maximum absolute atomic E-state index is 12.5. The molecule has 6 heteroatoms. The third kappa shape index (κ3) is 3.97. The summed E-state index contributed by atoms with van der Waals surface area (Å²) in [6.45, 7) is 3.35. The summed E-state index contributed by atoms with van der Waals surface area (Å²) >= 11 is 1.71. The lowest BCUT2D eigenvalue weighted by molar-refractivity contribution is -0.128. The highest BCUT2D eigenvalue weighted by atomic mass is 32.2. The molecule has 1 atom stereocenters. The van der Waals surface area contributed by atoms with Crippen LogP contribution in [0.2, 0.25) is 0 Å². The van der Waals surface area contributed by atoms with Crippen molar-refractivity contribution in [3.63, 3.8) is 0 Å². The highest BCUT2D eigenvalue weighted by molar-refractivity contribution is 7.98. The Labute approximate surface area is 169 Å². The minimum Gasteiger partial charge on any atom is -0.339 e. The van der Waals surface area contributed by atoms with E-state index in [0.29, 0.717) is 31.2 Å². The Morgan fingerprint density at radius 1 is 1.11 bits per heavy atom. The van der Waals surface area contributed by atoms with Crippen molar-refractivity contribution < 1.29 is 9.32 Å². The van der Waals surface area contributed by atoms with Gasteiger partial charge in [-0.05, 0) is 35.9 Å². The van der Waals surface area contributed by atoms with Gasteiger partial charge < -0.3 is 9.42 Å². The topological polar surface area (TPSA) is 59.2 Å². The average molecular weight is 394 g/mol. The summed E-state index contributed by atoms with van der Waals surface area (Å²) in [5.74, 6) is 1.21. The first-order valence-electron chi connectivity index (χ1n) is 9.50. The van der Waals surface area contributed by atoms with Crippen LogP contribution in [0.5, 0.6) is 0 Å². The van der Waals surface area contributed by atoms with Crippen LogP contribution in [-0.4, -0.2) is 33.7 Å². The molecule has 1 unspecified atom stereocenters. The largest absolute Gasteiger partial charge is 0.339 e. The molecule has 0 spiro atoms. The number of nitrogens with zero attached hydrogens (tertiary/aromatic N) is 3. The van der Waals surface area contributed by atoms with Gasteiger partial charge in [-0.3, -0.25) is 4.79 Å². The quantitative estimate of drug-likeness (QED) is 0.576. The second kappa shape index (κ2) is 8.19. The second-order valence-electron chi connectivity index (χ2n) is 7.03. The van der Waals surface area contributed by atoms with Crippen LogP contribution < -0.4 is 0 Å². The van der Waals surface area contributed by atoms with E-state index in [1.165, 1.54) is 10.5 Å². The van der Waals surface area contributed by atoms with Gasteiger partial charge in [0, 0.05) is 30.0 Å². The van der Waals surface area contributed by atoms with E-state index in [1.54, 1.807) is 11.8 Å². The Kier molecular flexibility index (Phi) is 5.48. The third-order valence-electron chi connectivity index (χ3n) is 5.16. The maximum Gasteiger partial charge on any atom is 0.232 e. The molecule has 1 amide bonds. The van der Waals surface area contributed by atoms with Gasteiger partial charge in [0.05, 0.1) is 5.92 Å². The van der Waals surface area contributed by atoms with Crippen LogP contribution in [0.25, 0.3) is 11.4 Å². The van der Waals surface area contributed by atoms with Gasteiger partial charge in [-0.2, -0.15) is 4.98 Å². The smallest absolute Gasteiger partial charge is 0.232 e. The van der Waals surface area contributed by atoms with Crippen molar-refractivity contribution in [2.24, 2.45) is 0 Å². The SMILES string of the molecule is CCc1ccc(-c2noc(C3CC(=O)N(Cc4ccc(SC)cc4)C3)n2)cc1. The Hall–Kier alpha value is -2.60. The molecule has 1 saturated heterocycles. The van der Waals surface area contributed by atoms with Gasteiger partial charge in [0.1, 0.15) is 0 Å². The van der Waals surface area contributed by atoms with Crippen LogP contribution in [0.1, 0.15) is 36.3 Å². The minimum absolute atomic E-state index is 0.0471. The number of aryl methyl sites for hydroxylation is 1. The number of likely N-dealkylation sites (tertiary alicyclic amines) is 1. The minimum atomic E-state index is -0.0471. The van der Waals surface area contributed by atoms with E-state index in [0.717, 1.165) is 17.5 Å². The van der Waals surface area contributed by atoms with Gasteiger partial charge in [-0.25, -0.2) is 0 Å². The lowest BCUT2D eigenvalue weighted by Crippen LogP contribution is -2.24. The molecule has 2 aromatic carbocycles. The molecule has 1 fully saturated rings. The Morgan fingerprint density at radius 3 is 2.50 bits per heavy atom. The van der Waals surface area contributed by atoms with E-state index >= 15 is 0 Å². The van der Waals surface area contributed by atoms with Crippen LogP contribution in [0.15, 0.2) is 57.9 Å². The highest BCUT2D eigenvalue weighted by Crippen LogP contribution is 2.30. The van der Waals surface area contributed by atoms with E-state index < -0.39 is 0 Å². The first-order chi connectivity index (χ1) is 13.7. The zero-order valence-corrected chi connectivity index (χ0v) is 16.9. The standard InChI is InChI=1S/C22H23N3O2S/c1-3-15-4-8-17(9-5-15)21-23-22(27-24-21)18-12-20(26)25(14-18)13-16-6-10-19(28-2)11-7-16/h4-11,18H,3,12-14H2,1-2H3. The van der Waals surface area contributed by atoms with Crippen molar-refractivity contribution in [3.8, 4) is 11.4 Å². The van der Waals surface area contributed by atoms with Crippen LogP contribution in [-0.2, 0) is 17.8 Å². The Balaban J connectivity index is 1.44. The van der Waals surface area contributed by atoms with Crippen LogP contribution in [0.3, 0.4) is 0 Å². The molecule has 1 aliphatic rings. The van der Waals surface area contributed by atoms with Crippen molar-refractivity contribution >= 4 is 17.7 Å². The fourth-order valence-electron chi connectivity index (χ4n) is 3.45. The average Bonchev–Trinajstić information content (AvgIpc) is 3.36. The molecule has 2 heterocycles. The number of hydrogen-bond acceptors (Lipinski definition) is 5. The molecule has 0 N–H and O–H groups in total. The number of carbonyl (C=O) groups excluding carboxylic acids is 1. The molecule has 1 aliphatic heterocycles. The molecule has 5 nitrogen and oxygen atoms in total. The van der Waals surface area contributed by atoms with E-state index in [4.69, 9.17) is 4.52 Å². The summed E-state index contributed by atoms with van der Waals surface area (Å²) < 4.78 is 5.49. The Morgan fingerprint density at radius 2 is 1.82 bits per heavy atom. The molecule has 3 aromatic rings. The fourth-order valence-corrected chi connectivity index (χ4v) is 3.86. The molecule has 0 saturated carbocycles. The van der Waals surface area contributed by atoms with Gasteiger partial charge >= 0.3 is 0 Å². The first-order valence-corrected chi connectivity index (χ1v) is 10.7. The number of carbonyl (C=O) groups is 1. The summed E-state index contributed by atoms with van der Waals surface area (Å²) in [5.41, 5.74) is 3.34. The number of amides is 1. The summed E-state index contributed by atoms with van der Waals surface area (Å²) in [6, 6.07) is 16.5. The van der Waals surface area contributed by atoms with Gasteiger partial charge in [0.25, 0.3) is 0 Å². The molecule has 4 rings (SSSR count). The number of thioether (sulfide) groups is 1. The zero-order valence-electron chi connectivity index (χ0n) is 16.1. The lowest BCUT2D eigenvalue weighted by Gasteiger charge is -2.16. The molecular weight excluding hydrogens is 370 g/mol. The fraction of sp³-hybridized carbons (Fsp3) is 0.318.